The maximum Gasteiger partial charge on any atom is 0.271 e. The first kappa shape index (κ1) is 13.6. The highest BCUT2D eigenvalue weighted by Crippen LogP contribution is 2.24. The molecular weight excluding hydrogens is 295 g/mol. The van der Waals surface area contributed by atoms with Gasteiger partial charge in [-0.2, -0.15) is 0 Å². The Bertz CT molecular complexity index is 845. The standard InChI is InChI=1S/C15H10ClFN2O2/c16-13-3-1-2-11(15(13)17)9-18-7-6-10-4-5-12(19(20)21)8-14(10)18/h1-8H,9H2. The average molecular weight is 305 g/mol. The molecule has 0 amide bonds. The molecule has 0 unspecified atom stereocenters. The van der Waals surface area contributed by atoms with E-state index in [0.717, 1.165) is 5.39 Å². The van der Waals surface area contributed by atoms with Gasteiger partial charge in [0.2, 0.25) is 0 Å². The number of non-ortho nitro benzene ring substituents is 1. The van der Waals surface area contributed by atoms with E-state index in [1.165, 1.54) is 18.2 Å². The summed E-state index contributed by atoms with van der Waals surface area (Å²) in [5.74, 6) is -0.466. The average Bonchev–Trinajstić information content (AvgIpc) is 2.86. The number of hydrogen-bond acceptors (Lipinski definition) is 2. The lowest BCUT2D eigenvalue weighted by Crippen LogP contribution is -2.01. The number of nitro groups is 1. The van der Waals surface area contributed by atoms with E-state index >= 15 is 0 Å². The largest absolute Gasteiger partial charge is 0.343 e. The van der Waals surface area contributed by atoms with Gasteiger partial charge >= 0.3 is 0 Å². The zero-order valence-corrected chi connectivity index (χ0v) is 11.5. The van der Waals surface area contributed by atoms with Crippen LogP contribution >= 0.6 is 11.6 Å². The van der Waals surface area contributed by atoms with Crippen LogP contribution in [0.3, 0.4) is 0 Å². The lowest BCUT2D eigenvalue weighted by atomic mass is 10.2. The molecule has 0 atom stereocenters. The summed E-state index contributed by atoms with van der Waals surface area (Å²) in [4.78, 5) is 10.4. The highest BCUT2D eigenvalue weighted by Gasteiger charge is 2.11. The van der Waals surface area contributed by atoms with Gasteiger partial charge in [-0.3, -0.25) is 10.1 Å². The number of aromatic nitrogens is 1. The molecule has 0 aliphatic heterocycles. The fourth-order valence-corrected chi connectivity index (χ4v) is 2.47. The number of fused-ring (bicyclic) bond motifs is 1. The molecule has 0 saturated carbocycles. The topological polar surface area (TPSA) is 48.1 Å². The summed E-state index contributed by atoms with van der Waals surface area (Å²) >= 11 is 5.77. The molecule has 2 aromatic carbocycles. The van der Waals surface area contributed by atoms with Crippen molar-refractivity contribution in [2.45, 2.75) is 6.54 Å². The van der Waals surface area contributed by atoms with Gasteiger partial charge < -0.3 is 4.57 Å². The molecular formula is C15H10ClFN2O2. The first-order valence-corrected chi connectivity index (χ1v) is 6.60. The van der Waals surface area contributed by atoms with Crippen molar-refractivity contribution in [2.24, 2.45) is 0 Å². The smallest absolute Gasteiger partial charge is 0.271 e. The number of halogens is 2. The maximum absolute atomic E-state index is 13.9. The predicted octanol–water partition coefficient (Wildman–Crippen LogP) is 4.39. The van der Waals surface area contributed by atoms with Crippen LogP contribution in [0.15, 0.2) is 48.7 Å². The van der Waals surface area contributed by atoms with E-state index in [4.69, 9.17) is 11.6 Å². The second kappa shape index (κ2) is 5.18. The van der Waals surface area contributed by atoms with Crippen LogP contribution in [0, 0.1) is 15.9 Å². The van der Waals surface area contributed by atoms with E-state index in [-0.39, 0.29) is 17.3 Å². The van der Waals surface area contributed by atoms with E-state index in [1.54, 1.807) is 29.0 Å². The van der Waals surface area contributed by atoms with Gasteiger partial charge in [-0.1, -0.05) is 23.7 Å². The molecule has 0 aliphatic rings. The van der Waals surface area contributed by atoms with Crippen LogP contribution in [0.4, 0.5) is 10.1 Å². The third kappa shape index (κ3) is 2.48. The molecule has 0 bridgehead atoms. The van der Waals surface area contributed by atoms with Gasteiger partial charge in [-0.25, -0.2) is 4.39 Å². The highest BCUT2D eigenvalue weighted by molar-refractivity contribution is 6.30. The minimum absolute atomic E-state index is 0.00835. The van der Waals surface area contributed by atoms with Gasteiger partial charge in [0.1, 0.15) is 5.82 Å². The van der Waals surface area contributed by atoms with Gasteiger partial charge in [0, 0.05) is 29.3 Å². The van der Waals surface area contributed by atoms with Crippen molar-refractivity contribution in [3.05, 3.63) is 75.2 Å². The van der Waals surface area contributed by atoms with Gasteiger partial charge in [0.15, 0.2) is 0 Å². The SMILES string of the molecule is O=[N+]([O-])c1ccc2ccn(Cc3cccc(Cl)c3F)c2c1. The highest BCUT2D eigenvalue weighted by atomic mass is 35.5. The summed E-state index contributed by atoms with van der Waals surface area (Å²) in [6.07, 6.45) is 1.77. The monoisotopic (exact) mass is 304 g/mol. The first-order chi connectivity index (χ1) is 10.1. The third-order valence-electron chi connectivity index (χ3n) is 3.34. The van der Waals surface area contributed by atoms with Crippen molar-refractivity contribution in [1.82, 2.24) is 4.57 Å². The van der Waals surface area contributed by atoms with Crippen molar-refractivity contribution >= 4 is 28.2 Å². The molecule has 106 valence electrons. The molecule has 1 aromatic heterocycles. The fourth-order valence-electron chi connectivity index (χ4n) is 2.28. The quantitative estimate of drug-likeness (QED) is 0.532. The van der Waals surface area contributed by atoms with Crippen LogP contribution < -0.4 is 0 Å². The predicted molar refractivity (Wildman–Crippen MR) is 79.1 cm³/mol. The normalized spacial score (nSPS) is 11.0. The summed E-state index contributed by atoms with van der Waals surface area (Å²) in [5.41, 5.74) is 1.13. The van der Waals surface area contributed by atoms with Gasteiger partial charge in [0.05, 0.1) is 22.0 Å². The van der Waals surface area contributed by atoms with Gasteiger partial charge in [-0.05, 0) is 18.2 Å². The fraction of sp³-hybridized carbons (Fsp3) is 0.0667. The molecule has 6 heteroatoms. The van der Waals surface area contributed by atoms with Crippen LogP contribution in [-0.4, -0.2) is 9.49 Å². The summed E-state index contributed by atoms with van der Waals surface area (Å²) < 4.78 is 15.7. The van der Waals surface area contributed by atoms with Gasteiger partial charge in [0.25, 0.3) is 5.69 Å². The second-order valence-corrected chi connectivity index (χ2v) is 5.06. The van der Waals surface area contributed by atoms with Crippen LogP contribution in [0.5, 0.6) is 0 Å². The Hall–Kier alpha value is -2.40. The second-order valence-electron chi connectivity index (χ2n) is 4.66. The molecule has 0 aliphatic carbocycles. The Morgan fingerprint density at radius 3 is 2.81 bits per heavy atom. The molecule has 4 nitrogen and oxygen atoms in total. The first-order valence-electron chi connectivity index (χ1n) is 6.22. The number of nitro benzene ring substituents is 1. The van der Waals surface area contributed by atoms with E-state index < -0.39 is 10.7 Å². The molecule has 21 heavy (non-hydrogen) atoms. The zero-order valence-electron chi connectivity index (χ0n) is 10.8. The van der Waals surface area contributed by atoms with E-state index in [0.29, 0.717) is 11.1 Å². The van der Waals surface area contributed by atoms with Gasteiger partial charge in [-0.15, -0.1) is 0 Å². The minimum Gasteiger partial charge on any atom is -0.343 e. The summed E-state index contributed by atoms with van der Waals surface area (Å²) in [6.45, 7) is 0.261. The Kier molecular flexibility index (Phi) is 3.35. The molecule has 0 saturated heterocycles. The Labute approximate surface area is 124 Å². The van der Waals surface area contributed by atoms with Crippen molar-refractivity contribution in [1.29, 1.82) is 0 Å². The minimum atomic E-state index is -0.466. The van der Waals surface area contributed by atoms with E-state index in [1.807, 2.05) is 6.07 Å². The zero-order chi connectivity index (χ0) is 15.0. The Morgan fingerprint density at radius 1 is 1.24 bits per heavy atom. The Balaban J connectivity index is 2.06. The lowest BCUT2D eigenvalue weighted by Gasteiger charge is -2.07. The van der Waals surface area contributed by atoms with Crippen molar-refractivity contribution in [3.63, 3.8) is 0 Å². The molecule has 3 rings (SSSR count). The summed E-state index contributed by atoms with van der Waals surface area (Å²) in [6, 6.07) is 11.3. The van der Waals surface area contributed by atoms with Crippen LogP contribution in [0.2, 0.25) is 5.02 Å². The lowest BCUT2D eigenvalue weighted by molar-refractivity contribution is -0.384. The summed E-state index contributed by atoms with van der Waals surface area (Å²) in [7, 11) is 0. The molecule has 0 radical (unpaired) electrons. The van der Waals surface area contributed by atoms with Crippen LogP contribution in [-0.2, 0) is 6.54 Å². The van der Waals surface area contributed by atoms with Crippen molar-refractivity contribution < 1.29 is 9.31 Å². The van der Waals surface area contributed by atoms with Crippen molar-refractivity contribution in [3.8, 4) is 0 Å². The molecule has 0 fully saturated rings. The Morgan fingerprint density at radius 2 is 2.05 bits per heavy atom. The number of hydrogen-bond donors (Lipinski definition) is 0. The number of benzene rings is 2. The molecule has 3 aromatic rings. The maximum atomic E-state index is 13.9. The van der Waals surface area contributed by atoms with E-state index in [9.17, 15) is 14.5 Å². The molecule has 0 N–H and O–H groups in total. The summed E-state index contributed by atoms with van der Waals surface area (Å²) in [5, 5.41) is 11.8. The third-order valence-corrected chi connectivity index (χ3v) is 3.63. The number of nitrogens with zero attached hydrogens (tertiary/aromatic N) is 2. The molecule has 0 spiro atoms. The number of rotatable bonds is 3. The van der Waals surface area contributed by atoms with Crippen LogP contribution in [0.25, 0.3) is 10.9 Å². The van der Waals surface area contributed by atoms with Crippen molar-refractivity contribution in [2.75, 3.05) is 0 Å². The molecule has 1 heterocycles. The van der Waals surface area contributed by atoms with E-state index in [2.05, 4.69) is 0 Å². The van der Waals surface area contributed by atoms with Crippen LogP contribution in [0.1, 0.15) is 5.56 Å².